The summed E-state index contributed by atoms with van der Waals surface area (Å²) >= 11 is 0. The van der Waals surface area contributed by atoms with Gasteiger partial charge in [0.2, 0.25) is 0 Å². The van der Waals surface area contributed by atoms with Crippen molar-refractivity contribution in [3.63, 3.8) is 0 Å². The number of rotatable bonds is 9. The number of nitrogens with zero attached hydrogens (tertiary/aromatic N) is 1. The molecule has 5 nitrogen and oxygen atoms in total. The molecule has 0 amide bonds. The summed E-state index contributed by atoms with van der Waals surface area (Å²) in [5.74, 6) is -2.39. The second-order valence-corrected chi connectivity index (χ2v) is 4.70. The van der Waals surface area contributed by atoms with Crippen LogP contribution >= 0.6 is 0 Å². The molecule has 0 fully saturated rings. The minimum Gasteiger partial charge on any atom is -0.478 e. The predicted molar refractivity (Wildman–Crippen MR) is 71.7 cm³/mol. The molecule has 0 radical (unpaired) electrons. The predicted octanol–water partition coefficient (Wildman–Crippen LogP) is 3.25. The van der Waals surface area contributed by atoms with E-state index in [9.17, 15) is 9.59 Å². The van der Waals surface area contributed by atoms with Gasteiger partial charge in [0.15, 0.2) is 0 Å². The van der Waals surface area contributed by atoms with Crippen molar-refractivity contribution in [3.8, 4) is 0 Å². The molecule has 1 aromatic rings. The highest BCUT2D eigenvalue weighted by Gasteiger charge is 2.18. The Balaban J connectivity index is 2.48. The van der Waals surface area contributed by atoms with Gasteiger partial charge >= 0.3 is 11.9 Å². The van der Waals surface area contributed by atoms with E-state index in [0.29, 0.717) is 6.54 Å². The Labute approximate surface area is 112 Å². The number of aryl methyl sites for hydroxylation is 1. The minimum atomic E-state index is -1.20. The van der Waals surface area contributed by atoms with E-state index >= 15 is 0 Å². The summed E-state index contributed by atoms with van der Waals surface area (Å²) in [7, 11) is 0. The molecule has 0 atom stereocenters. The van der Waals surface area contributed by atoms with E-state index < -0.39 is 11.9 Å². The molecular weight excluding hydrogens is 246 g/mol. The van der Waals surface area contributed by atoms with Gasteiger partial charge in [0.1, 0.15) is 0 Å². The Morgan fingerprint density at radius 2 is 1.42 bits per heavy atom. The van der Waals surface area contributed by atoms with Crippen LogP contribution in [0.4, 0.5) is 0 Å². The lowest BCUT2D eigenvalue weighted by Crippen LogP contribution is -2.03. The van der Waals surface area contributed by atoms with Crippen LogP contribution in [0.3, 0.4) is 0 Å². The van der Waals surface area contributed by atoms with Crippen LogP contribution < -0.4 is 0 Å². The van der Waals surface area contributed by atoms with E-state index in [-0.39, 0.29) is 11.1 Å². The van der Waals surface area contributed by atoms with Gasteiger partial charge in [0, 0.05) is 18.9 Å². The second kappa shape index (κ2) is 7.61. The SMILES string of the molecule is CCCCCCCCn1cc(C(=O)O)c(C(=O)O)c1. The highest BCUT2D eigenvalue weighted by molar-refractivity contribution is 6.01. The van der Waals surface area contributed by atoms with E-state index in [0.717, 1.165) is 12.8 Å². The highest BCUT2D eigenvalue weighted by atomic mass is 16.4. The summed E-state index contributed by atoms with van der Waals surface area (Å²) < 4.78 is 1.66. The molecule has 0 aromatic carbocycles. The summed E-state index contributed by atoms with van der Waals surface area (Å²) in [5, 5.41) is 17.8. The first kappa shape index (κ1) is 15.3. The average Bonchev–Trinajstić information content (AvgIpc) is 2.78. The zero-order valence-electron chi connectivity index (χ0n) is 11.3. The number of aromatic nitrogens is 1. The molecular formula is C14H21NO4. The third kappa shape index (κ3) is 4.77. The summed E-state index contributed by atoms with van der Waals surface area (Å²) in [6.45, 7) is 2.83. The monoisotopic (exact) mass is 267 g/mol. The van der Waals surface area contributed by atoms with Crippen LogP contribution in [0.2, 0.25) is 0 Å². The van der Waals surface area contributed by atoms with E-state index in [2.05, 4.69) is 6.92 Å². The van der Waals surface area contributed by atoms with Crippen molar-refractivity contribution in [3.05, 3.63) is 23.5 Å². The smallest absolute Gasteiger partial charge is 0.338 e. The van der Waals surface area contributed by atoms with E-state index in [1.807, 2.05) is 0 Å². The number of hydrogen-bond acceptors (Lipinski definition) is 2. The maximum absolute atomic E-state index is 10.9. The van der Waals surface area contributed by atoms with Crippen LogP contribution in [0.15, 0.2) is 12.4 Å². The molecule has 1 heterocycles. The van der Waals surface area contributed by atoms with Gasteiger partial charge < -0.3 is 14.8 Å². The molecule has 0 saturated carbocycles. The first-order valence-corrected chi connectivity index (χ1v) is 6.72. The topological polar surface area (TPSA) is 79.5 Å². The van der Waals surface area contributed by atoms with Crippen molar-refractivity contribution in [2.75, 3.05) is 0 Å². The number of aromatic carboxylic acids is 2. The van der Waals surface area contributed by atoms with Crippen LogP contribution in [0.1, 0.15) is 66.2 Å². The lowest BCUT2D eigenvalue weighted by atomic mass is 10.1. The Morgan fingerprint density at radius 3 is 1.89 bits per heavy atom. The number of unbranched alkanes of at least 4 members (excludes halogenated alkanes) is 5. The normalized spacial score (nSPS) is 10.6. The molecule has 1 aromatic heterocycles. The molecule has 0 aliphatic carbocycles. The summed E-state index contributed by atoms with van der Waals surface area (Å²) in [6.07, 6.45) is 9.68. The van der Waals surface area contributed by atoms with Gasteiger partial charge in [-0.1, -0.05) is 39.0 Å². The average molecular weight is 267 g/mol. The fraction of sp³-hybridized carbons (Fsp3) is 0.571. The van der Waals surface area contributed by atoms with Crippen LogP contribution in [0.25, 0.3) is 0 Å². The molecule has 2 N–H and O–H groups in total. The molecule has 19 heavy (non-hydrogen) atoms. The second-order valence-electron chi connectivity index (χ2n) is 4.70. The molecule has 0 bridgehead atoms. The fourth-order valence-electron chi connectivity index (χ4n) is 2.05. The standard InChI is InChI=1S/C14H21NO4/c1-2-3-4-5-6-7-8-15-9-11(13(16)17)12(10-15)14(18)19/h9-10H,2-8H2,1H3,(H,16,17)(H,18,19). The Kier molecular flexibility index (Phi) is 6.12. The summed E-state index contributed by atoms with van der Waals surface area (Å²) in [5.41, 5.74) is -0.281. The van der Waals surface area contributed by atoms with Gasteiger partial charge in [-0.05, 0) is 6.42 Å². The van der Waals surface area contributed by atoms with Gasteiger partial charge in [-0.15, -0.1) is 0 Å². The van der Waals surface area contributed by atoms with Gasteiger partial charge in [-0.3, -0.25) is 0 Å². The van der Waals surface area contributed by atoms with Crippen molar-refractivity contribution in [1.29, 1.82) is 0 Å². The zero-order chi connectivity index (χ0) is 14.3. The van der Waals surface area contributed by atoms with Gasteiger partial charge in [0.25, 0.3) is 0 Å². The molecule has 0 saturated heterocycles. The lowest BCUT2D eigenvalue weighted by molar-refractivity contribution is 0.0653. The van der Waals surface area contributed by atoms with Crippen molar-refractivity contribution in [2.24, 2.45) is 0 Å². The number of hydrogen-bond donors (Lipinski definition) is 2. The minimum absolute atomic E-state index is 0.140. The van der Waals surface area contributed by atoms with Crippen molar-refractivity contribution >= 4 is 11.9 Å². The molecule has 5 heteroatoms. The molecule has 1 rings (SSSR count). The maximum Gasteiger partial charge on any atom is 0.338 e. The largest absolute Gasteiger partial charge is 0.478 e. The Bertz CT molecular complexity index is 405. The molecule has 0 aliphatic rings. The van der Waals surface area contributed by atoms with Crippen LogP contribution in [0, 0.1) is 0 Å². The van der Waals surface area contributed by atoms with Crippen molar-refractivity contribution in [2.45, 2.75) is 52.0 Å². The summed E-state index contributed by atoms with van der Waals surface area (Å²) in [6, 6.07) is 0. The van der Waals surface area contributed by atoms with Crippen LogP contribution in [-0.2, 0) is 6.54 Å². The van der Waals surface area contributed by atoms with Crippen molar-refractivity contribution < 1.29 is 19.8 Å². The van der Waals surface area contributed by atoms with Crippen LogP contribution in [0.5, 0.6) is 0 Å². The Hall–Kier alpha value is -1.78. The first-order valence-electron chi connectivity index (χ1n) is 6.72. The summed E-state index contributed by atoms with van der Waals surface area (Å²) in [4.78, 5) is 21.8. The third-order valence-electron chi connectivity index (χ3n) is 3.11. The number of carbonyl (C=O) groups is 2. The molecule has 106 valence electrons. The maximum atomic E-state index is 10.9. The van der Waals surface area contributed by atoms with Gasteiger partial charge in [-0.25, -0.2) is 9.59 Å². The number of carboxylic acids is 2. The fourth-order valence-corrected chi connectivity index (χ4v) is 2.05. The van der Waals surface area contributed by atoms with E-state index in [1.165, 1.54) is 38.1 Å². The zero-order valence-corrected chi connectivity index (χ0v) is 11.3. The highest BCUT2D eigenvalue weighted by Crippen LogP contribution is 2.13. The first-order chi connectivity index (χ1) is 9.06. The van der Waals surface area contributed by atoms with Crippen LogP contribution in [-0.4, -0.2) is 26.7 Å². The number of carboxylic acid groups (broad SMARTS) is 2. The van der Waals surface area contributed by atoms with Crippen molar-refractivity contribution in [1.82, 2.24) is 4.57 Å². The van der Waals surface area contributed by atoms with E-state index in [4.69, 9.17) is 10.2 Å². The molecule has 0 spiro atoms. The Morgan fingerprint density at radius 1 is 0.947 bits per heavy atom. The lowest BCUT2D eigenvalue weighted by Gasteiger charge is -2.02. The van der Waals surface area contributed by atoms with E-state index in [1.54, 1.807) is 4.57 Å². The molecule has 0 unspecified atom stereocenters. The van der Waals surface area contributed by atoms with Gasteiger partial charge in [0.05, 0.1) is 11.1 Å². The molecule has 0 aliphatic heterocycles. The third-order valence-corrected chi connectivity index (χ3v) is 3.11. The quantitative estimate of drug-likeness (QED) is 0.673. The van der Waals surface area contributed by atoms with Gasteiger partial charge in [-0.2, -0.15) is 0 Å².